The van der Waals surface area contributed by atoms with Crippen molar-refractivity contribution in [1.82, 2.24) is 9.55 Å². The van der Waals surface area contributed by atoms with E-state index in [0.29, 0.717) is 10.9 Å². The second kappa shape index (κ2) is 5.47. The lowest BCUT2D eigenvalue weighted by molar-refractivity contribution is 0.912. The first-order valence-corrected chi connectivity index (χ1v) is 7.40. The zero-order valence-electron chi connectivity index (χ0n) is 11.1. The molecule has 2 nitrogen and oxygen atoms in total. The summed E-state index contributed by atoms with van der Waals surface area (Å²) in [6, 6.07) is 14.1. The lowest BCUT2D eigenvalue weighted by atomic mass is 10.2. The Morgan fingerprint density at radius 3 is 2.75 bits per heavy atom. The molecule has 0 saturated carbocycles. The van der Waals surface area contributed by atoms with Crippen molar-refractivity contribution in [1.29, 1.82) is 0 Å². The van der Waals surface area contributed by atoms with Gasteiger partial charge in [-0.25, -0.2) is 4.98 Å². The number of nitrogens with zero attached hydrogens (tertiary/aromatic N) is 2. The molecular formula is C16H14Cl2N2. The Morgan fingerprint density at radius 2 is 2.00 bits per heavy atom. The third kappa shape index (κ3) is 2.41. The van der Waals surface area contributed by atoms with Crippen LogP contribution in [0.5, 0.6) is 0 Å². The van der Waals surface area contributed by atoms with Gasteiger partial charge in [0.15, 0.2) is 0 Å². The fourth-order valence-corrected chi connectivity index (χ4v) is 2.75. The predicted molar refractivity (Wildman–Crippen MR) is 85.2 cm³/mol. The van der Waals surface area contributed by atoms with E-state index in [2.05, 4.69) is 29.7 Å². The SMILES string of the molecule is Cc1ccc2c(c1)nc(CCCl)n2-c1cccc(Cl)c1. The quantitative estimate of drug-likeness (QED) is 0.637. The number of benzene rings is 2. The Bertz CT molecular complexity index is 762. The van der Waals surface area contributed by atoms with Crippen LogP contribution in [-0.4, -0.2) is 15.4 Å². The first-order chi connectivity index (χ1) is 9.69. The van der Waals surface area contributed by atoms with Crippen LogP contribution in [0.4, 0.5) is 0 Å². The molecule has 0 amide bonds. The molecule has 3 rings (SSSR count). The summed E-state index contributed by atoms with van der Waals surface area (Å²) in [6.45, 7) is 2.07. The van der Waals surface area contributed by atoms with Gasteiger partial charge < -0.3 is 0 Å². The van der Waals surface area contributed by atoms with E-state index in [4.69, 9.17) is 28.2 Å². The topological polar surface area (TPSA) is 17.8 Å². The maximum absolute atomic E-state index is 6.11. The number of aromatic nitrogens is 2. The van der Waals surface area contributed by atoms with E-state index < -0.39 is 0 Å². The summed E-state index contributed by atoms with van der Waals surface area (Å²) in [6.07, 6.45) is 0.724. The fraction of sp³-hybridized carbons (Fsp3) is 0.188. The second-order valence-corrected chi connectivity index (χ2v) is 5.59. The van der Waals surface area contributed by atoms with Crippen molar-refractivity contribution >= 4 is 34.2 Å². The van der Waals surface area contributed by atoms with Crippen molar-refractivity contribution < 1.29 is 0 Å². The Morgan fingerprint density at radius 1 is 1.15 bits per heavy atom. The van der Waals surface area contributed by atoms with Gasteiger partial charge in [-0.3, -0.25) is 4.57 Å². The van der Waals surface area contributed by atoms with Crippen LogP contribution < -0.4 is 0 Å². The molecule has 20 heavy (non-hydrogen) atoms. The molecule has 0 saturated heterocycles. The summed E-state index contributed by atoms with van der Waals surface area (Å²) in [5, 5.41) is 0.716. The average Bonchev–Trinajstić information content (AvgIpc) is 2.76. The van der Waals surface area contributed by atoms with Crippen molar-refractivity contribution in [3.05, 3.63) is 58.9 Å². The Labute approximate surface area is 128 Å². The largest absolute Gasteiger partial charge is 0.296 e. The zero-order chi connectivity index (χ0) is 14.1. The highest BCUT2D eigenvalue weighted by molar-refractivity contribution is 6.30. The molecule has 0 fully saturated rings. The molecule has 0 unspecified atom stereocenters. The Hall–Kier alpha value is -1.51. The summed E-state index contributed by atoms with van der Waals surface area (Å²) in [7, 11) is 0. The lowest BCUT2D eigenvalue weighted by Gasteiger charge is -2.09. The van der Waals surface area contributed by atoms with Gasteiger partial charge >= 0.3 is 0 Å². The van der Waals surface area contributed by atoms with Gasteiger partial charge in [-0.2, -0.15) is 0 Å². The van der Waals surface area contributed by atoms with Crippen LogP contribution in [0.15, 0.2) is 42.5 Å². The number of rotatable bonds is 3. The number of aryl methyl sites for hydroxylation is 2. The normalized spacial score (nSPS) is 11.2. The molecule has 3 aromatic rings. The molecule has 0 aliphatic rings. The third-order valence-electron chi connectivity index (χ3n) is 3.26. The predicted octanol–water partition coefficient (Wildman–Crippen LogP) is 4.77. The van der Waals surface area contributed by atoms with Gasteiger partial charge in [0.2, 0.25) is 0 Å². The molecule has 1 heterocycles. The van der Waals surface area contributed by atoms with Crippen LogP contribution in [0.2, 0.25) is 5.02 Å². The van der Waals surface area contributed by atoms with Gasteiger partial charge in [-0.15, -0.1) is 11.6 Å². The van der Waals surface area contributed by atoms with Crippen LogP contribution in [0.25, 0.3) is 16.7 Å². The number of hydrogen-bond donors (Lipinski definition) is 0. The lowest BCUT2D eigenvalue weighted by Crippen LogP contribution is -2.02. The van der Waals surface area contributed by atoms with Crippen molar-refractivity contribution in [2.75, 3.05) is 5.88 Å². The van der Waals surface area contributed by atoms with Crippen molar-refractivity contribution in [2.24, 2.45) is 0 Å². The summed E-state index contributed by atoms with van der Waals surface area (Å²) in [5.41, 5.74) is 4.29. The molecule has 0 radical (unpaired) electrons. The van der Waals surface area contributed by atoms with E-state index in [1.54, 1.807) is 0 Å². The van der Waals surface area contributed by atoms with E-state index in [0.717, 1.165) is 29.0 Å². The molecule has 0 spiro atoms. The highest BCUT2D eigenvalue weighted by Crippen LogP contribution is 2.24. The third-order valence-corrected chi connectivity index (χ3v) is 3.69. The van der Waals surface area contributed by atoms with Crippen LogP contribution in [-0.2, 0) is 6.42 Å². The van der Waals surface area contributed by atoms with Crippen LogP contribution in [0.3, 0.4) is 0 Å². The highest BCUT2D eigenvalue weighted by atomic mass is 35.5. The highest BCUT2D eigenvalue weighted by Gasteiger charge is 2.12. The van der Waals surface area contributed by atoms with E-state index >= 15 is 0 Å². The summed E-state index contributed by atoms with van der Waals surface area (Å²) >= 11 is 12.0. The minimum atomic E-state index is 0.545. The maximum Gasteiger partial charge on any atom is 0.115 e. The first-order valence-electron chi connectivity index (χ1n) is 6.49. The molecule has 1 aromatic heterocycles. The molecule has 0 aliphatic heterocycles. The van der Waals surface area contributed by atoms with Gasteiger partial charge in [-0.1, -0.05) is 23.7 Å². The summed E-state index contributed by atoms with van der Waals surface area (Å²) in [4.78, 5) is 4.70. The van der Waals surface area contributed by atoms with Gasteiger partial charge in [0.25, 0.3) is 0 Å². The molecule has 2 aromatic carbocycles. The molecular weight excluding hydrogens is 291 g/mol. The van der Waals surface area contributed by atoms with Gasteiger partial charge in [0, 0.05) is 23.0 Å². The van der Waals surface area contributed by atoms with Crippen LogP contribution in [0, 0.1) is 6.92 Å². The van der Waals surface area contributed by atoms with Crippen LogP contribution >= 0.6 is 23.2 Å². The van der Waals surface area contributed by atoms with E-state index in [-0.39, 0.29) is 0 Å². The number of alkyl halides is 1. The van der Waals surface area contributed by atoms with Gasteiger partial charge in [0.05, 0.1) is 11.0 Å². The van der Waals surface area contributed by atoms with Crippen molar-refractivity contribution in [3.63, 3.8) is 0 Å². The standard InChI is InChI=1S/C16H14Cl2N2/c1-11-5-6-15-14(9-11)19-16(7-8-17)20(15)13-4-2-3-12(18)10-13/h2-6,9-10H,7-8H2,1H3. The molecule has 4 heteroatoms. The van der Waals surface area contributed by atoms with E-state index in [9.17, 15) is 0 Å². The van der Waals surface area contributed by atoms with Crippen molar-refractivity contribution in [2.45, 2.75) is 13.3 Å². The summed E-state index contributed by atoms with van der Waals surface area (Å²) < 4.78 is 2.13. The molecule has 102 valence electrons. The molecule has 0 bridgehead atoms. The van der Waals surface area contributed by atoms with Gasteiger partial charge in [-0.05, 0) is 42.8 Å². The number of imidazole rings is 1. The van der Waals surface area contributed by atoms with Crippen molar-refractivity contribution in [3.8, 4) is 5.69 Å². The monoisotopic (exact) mass is 304 g/mol. The molecule has 0 atom stereocenters. The minimum absolute atomic E-state index is 0.545. The summed E-state index contributed by atoms with van der Waals surface area (Å²) in [5.74, 6) is 1.51. The average molecular weight is 305 g/mol. The Kier molecular flexibility index (Phi) is 3.68. The fourth-order valence-electron chi connectivity index (χ4n) is 2.40. The molecule has 0 aliphatic carbocycles. The number of fused-ring (bicyclic) bond motifs is 1. The van der Waals surface area contributed by atoms with Gasteiger partial charge in [0.1, 0.15) is 5.82 Å². The maximum atomic E-state index is 6.11. The van der Waals surface area contributed by atoms with E-state index in [1.165, 1.54) is 5.56 Å². The van der Waals surface area contributed by atoms with Crippen LogP contribution in [0.1, 0.15) is 11.4 Å². The first kappa shape index (κ1) is 13.5. The minimum Gasteiger partial charge on any atom is -0.296 e. The Balaban J connectivity index is 2.28. The van der Waals surface area contributed by atoms with E-state index in [1.807, 2.05) is 24.3 Å². The zero-order valence-corrected chi connectivity index (χ0v) is 12.6. The smallest absolute Gasteiger partial charge is 0.115 e. The number of hydrogen-bond acceptors (Lipinski definition) is 1. The molecule has 0 N–H and O–H groups in total. The second-order valence-electron chi connectivity index (χ2n) is 4.77. The number of halogens is 2.